The Balaban J connectivity index is 1.19. The molecule has 8 nitrogen and oxygen atoms in total. The van der Waals surface area contributed by atoms with Gasteiger partial charge in [-0.05, 0) is 62.8 Å². The molecular weight excluding hydrogens is 468 g/mol. The van der Waals surface area contributed by atoms with Crippen molar-refractivity contribution in [1.82, 2.24) is 16.0 Å². The highest BCUT2D eigenvalue weighted by Crippen LogP contribution is 2.33. The number of methoxy groups -OCH3 is 1. The van der Waals surface area contributed by atoms with Crippen LogP contribution in [0.25, 0.3) is 0 Å². The molecule has 2 saturated heterocycles. The molecule has 0 radical (unpaired) electrons. The second-order valence-electron chi connectivity index (χ2n) is 11.5. The highest BCUT2D eigenvalue weighted by Gasteiger charge is 2.33. The average Bonchev–Trinajstić information content (AvgIpc) is 2.92. The smallest absolute Gasteiger partial charge is 0.225 e. The molecule has 1 aromatic rings. The number of piperidine rings is 2. The zero-order valence-corrected chi connectivity index (χ0v) is 23.2. The Morgan fingerprint density at radius 1 is 1.19 bits per heavy atom. The van der Waals surface area contributed by atoms with Crippen LogP contribution in [0.2, 0.25) is 0 Å². The Bertz CT molecular complexity index is 850. The van der Waals surface area contributed by atoms with Gasteiger partial charge in [-0.1, -0.05) is 26.3 Å². The summed E-state index contributed by atoms with van der Waals surface area (Å²) in [6, 6.07) is 7.16. The third kappa shape index (κ3) is 8.31. The number of amides is 1. The Morgan fingerprint density at radius 2 is 2.08 bits per heavy atom. The second-order valence-corrected chi connectivity index (χ2v) is 11.5. The summed E-state index contributed by atoms with van der Waals surface area (Å²) in [5, 5.41) is 10.4. The quantitative estimate of drug-likeness (QED) is 0.368. The lowest BCUT2D eigenvalue weighted by Gasteiger charge is -2.35. The minimum atomic E-state index is -0.389. The van der Waals surface area contributed by atoms with Gasteiger partial charge in [0.25, 0.3) is 0 Å². The minimum absolute atomic E-state index is 0.160. The number of nitrogens with one attached hydrogen (secondary N) is 3. The van der Waals surface area contributed by atoms with Crippen LogP contribution in [0.15, 0.2) is 18.2 Å². The lowest BCUT2D eigenvalue weighted by Crippen LogP contribution is -2.49. The van der Waals surface area contributed by atoms with E-state index in [0.717, 1.165) is 89.5 Å². The third-order valence-corrected chi connectivity index (χ3v) is 8.01. The van der Waals surface area contributed by atoms with Crippen molar-refractivity contribution in [3.05, 3.63) is 23.8 Å². The predicted molar refractivity (Wildman–Crippen MR) is 147 cm³/mol. The number of fused-ring (bicyclic) bond motifs is 1. The molecule has 3 aliphatic heterocycles. The Hall–Kier alpha value is -1.87. The molecule has 0 aromatic heterocycles. The lowest BCUT2D eigenvalue weighted by molar-refractivity contribution is -0.130. The summed E-state index contributed by atoms with van der Waals surface area (Å²) in [6.45, 7) is 10.7. The standard InChI is InChI=1S/C29H48N4O4/c1-29(2,28(34)32-19-24-7-4-5-12-30-24)18-23-9-10-25(20-31-23)37-21-22-8-11-27-26(17-22)33(14-16-36-27)13-6-15-35-3/h8,11,17,23-25,30-31H,4-7,9-10,12-16,18-21H2,1-3H3,(H,32,34)/t23-,24-,25+/m0/s1. The fourth-order valence-corrected chi connectivity index (χ4v) is 5.72. The molecule has 0 bridgehead atoms. The van der Waals surface area contributed by atoms with Crippen molar-refractivity contribution in [2.45, 2.75) is 83.6 Å². The Morgan fingerprint density at radius 3 is 2.84 bits per heavy atom. The highest BCUT2D eigenvalue weighted by molar-refractivity contribution is 5.81. The highest BCUT2D eigenvalue weighted by atomic mass is 16.5. The van der Waals surface area contributed by atoms with E-state index in [0.29, 0.717) is 18.7 Å². The van der Waals surface area contributed by atoms with Crippen LogP contribution in [0.5, 0.6) is 5.75 Å². The van der Waals surface area contributed by atoms with E-state index in [9.17, 15) is 4.79 Å². The molecule has 3 aliphatic rings. The van der Waals surface area contributed by atoms with Gasteiger partial charge in [0.1, 0.15) is 12.4 Å². The summed E-state index contributed by atoms with van der Waals surface area (Å²) >= 11 is 0. The van der Waals surface area contributed by atoms with Gasteiger partial charge < -0.3 is 35.1 Å². The molecule has 1 aromatic carbocycles. The molecule has 1 amide bonds. The monoisotopic (exact) mass is 516 g/mol. The number of carbonyl (C=O) groups is 1. The molecule has 3 heterocycles. The SMILES string of the molecule is COCCCN1CCOc2ccc(CO[C@@H]3CC[C@@H](CC(C)(C)C(=O)NC[C@@H]4CCCCN4)NC3)cc21. The van der Waals surface area contributed by atoms with E-state index < -0.39 is 0 Å². The van der Waals surface area contributed by atoms with Crippen molar-refractivity contribution in [2.75, 3.05) is 57.9 Å². The van der Waals surface area contributed by atoms with Crippen molar-refractivity contribution in [2.24, 2.45) is 5.41 Å². The van der Waals surface area contributed by atoms with Gasteiger partial charge in [0, 0.05) is 50.8 Å². The molecule has 208 valence electrons. The van der Waals surface area contributed by atoms with Gasteiger partial charge in [0.15, 0.2) is 0 Å². The molecular formula is C29H48N4O4. The van der Waals surface area contributed by atoms with Crippen LogP contribution < -0.4 is 25.6 Å². The first-order valence-corrected chi connectivity index (χ1v) is 14.3. The third-order valence-electron chi connectivity index (χ3n) is 8.01. The molecule has 0 unspecified atom stereocenters. The van der Waals surface area contributed by atoms with Crippen LogP contribution >= 0.6 is 0 Å². The van der Waals surface area contributed by atoms with Crippen molar-refractivity contribution in [3.8, 4) is 5.75 Å². The number of benzene rings is 1. The van der Waals surface area contributed by atoms with Crippen LogP contribution in [0, 0.1) is 5.41 Å². The van der Waals surface area contributed by atoms with E-state index in [1.807, 2.05) is 0 Å². The van der Waals surface area contributed by atoms with Gasteiger partial charge >= 0.3 is 0 Å². The molecule has 3 atom stereocenters. The van der Waals surface area contributed by atoms with Crippen molar-refractivity contribution in [3.63, 3.8) is 0 Å². The zero-order valence-electron chi connectivity index (χ0n) is 23.2. The van der Waals surface area contributed by atoms with Crippen LogP contribution in [0.3, 0.4) is 0 Å². The number of rotatable bonds is 12. The van der Waals surface area contributed by atoms with E-state index in [-0.39, 0.29) is 17.4 Å². The maximum absolute atomic E-state index is 12.9. The summed E-state index contributed by atoms with van der Waals surface area (Å²) < 4.78 is 17.4. The maximum atomic E-state index is 12.9. The van der Waals surface area contributed by atoms with Crippen LogP contribution in [-0.4, -0.2) is 77.1 Å². The first kappa shape index (κ1) is 28.1. The first-order chi connectivity index (χ1) is 17.9. The lowest BCUT2D eigenvalue weighted by atomic mass is 9.82. The summed E-state index contributed by atoms with van der Waals surface area (Å²) in [5.74, 6) is 1.11. The van der Waals surface area contributed by atoms with Gasteiger partial charge in [0.2, 0.25) is 5.91 Å². The topological polar surface area (TPSA) is 84.1 Å². The summed E-state index contributed by atoms with van der Waals surface area (Å²) in [6.07, 6.45) is 7.71. The zero-order chi connectivity index (χ0) is 26.1. The molecule has 3 N–H and O–H groups in total. The van der Waals surface area contributed by atoms with Gasteiger partial charge in [0.05, 0.1) is 24.9 Å². The number of nitrogens with zero attached hydrogens (tertiary/aromatic N) is 1. The van der Waals surface area contributed by atoms with E-state index in [1.165, 1.54) is 18.4 Å². The van der Waals surface area contributed by atoms with Gasteiger partial charge in [-0.25, -0.2) is 0 Å². The van der Waals surface area contributed by atoms with Gasteiger partial charge in [-0.15, -0.1) is 0 Å². The van der Waals surface area contributed by atoms with Crippen LogP contribution in [0.1, 0.15) is 64.4 Å². The Labute approximate surface area is 223 Å². The number of ether oxygens (including phenoxy) is 3. The van der Waals surface area contributed by atoms with Crippen molar-refractivity contribution < 1.29 is 19.0 Å². The summed E-state index contributed by atoms with van der Waals surface area (Å²) in [5.41, 5.74) is 1.94. The van der Waals surface area contributed by atoms with Crippen LogP contribution in [0.4, 0.5) is 5.69 Å². The molecule has 8 heteroatoms. The molecule has 0 saturated carbocycles. The number of hydrogen-bond donors (Lipinski definition) is 3. The molecule has 4 rings (SSSR count). The second kappa shape index (κ2) is 13.8. The largest absolute Gasteiger partial charge is 0.490 e. The summed E-state index contributed by atoms with van der Waals surface area (Å²) in [4.78, 5) is 15.3. The van der Waals surface area contributed by atoms with Gasteiger partial charge in [-0.2, -0.15) is 0 Å². The molecule has 0 aliphatic carbocycles. The van der Waals surface area contributed by atoms with E-state index >= 15 is 0 Å². The molecule has 2 fully saturated rings. The number of anilines is 1. The number of carbonyl (C=O) groups excluding carboxylic acids is 1. The predicted octanol–water partition coefficient (Wildman–Crippen LogP) is 3.23. The van der Waals surface area contributed by atoms with Crippen molar-refractivity contribution in [1.29, 1.82) is 0 Å². The fourth-order valence-electron chi connectivity index (χ4n) is 5.72. The minimum Gasteiger partial charge on any atom is -0.490 e. The van der Waals surface area contributed by atoms with E-state index in [4.69, 9.17) is 14.2 Å². The number of hydrogen-bond acceptors (Lipinski definition) is 7. The maximum Gasteiger partial charge on any atom is 0.225 e. The first-order valence-electron chi connectivity index (χ1n) is 14.3. The Kier molecular flexibility index (Phi) is 10.5. The van der Waals surface area contributed by atoms with Crippen LogP contribution in [-0.2, 0) is 20.9 Å². The molecule has 0 spiro atoms. The van der Waals surface area contributed by atoms with E-state index in [2.05, 4.69) is 52.9 Å². The summed E-state index contributed by atoms with van der Waals surface area (Å²) in [7, 11) is 1.75. The van der Waals surface area contributed by atoms with Crippen molar-refractivity contribution >= 4 is 11.6 Å². The fraction of sp³-hybridized carbons (Fsp3) is 0.759. The molecule has 37 heavy (non-hydrogen) atoms. The van der Waals surface area contributed by atoms with Gasteiger partial charge in [-0.3, -0.25) is 4.79 Å². The normalized spacial score (nSPS) is 24.3. The van der Waals surface area contributed by atoms with E-state index in [1.54, 1.807) is 7.11 Å². The average molecular weight is 517 g/mol.